The first kappa shape index (κ1) is 13.6. The minimum absolute atomic E-state index is 0.242. The van der Waals surface area contributed by atoms with E-state index >= 15 is 0 Å². The highest BCUT2D eigenvalue weighted by Gasteiger charge is 2.21. The molecular formula is C16H16N4OS. The fourth-order valence-corrected chi connectivity index (χ4v) is 3.73. The molecule has 0 aromatic carbocycles. The predicted octanol–water partition coefficient (Wildman–Crippen LogP) is 3.55. The van der Waals surface area contributed by atoms with Crippen LogP contribution in [0.25, 0.3) is 16.5 Å². The van der Waals surface area contributed by atoms with Crippen molar-refractivity contribution in [1.29, 1.82) is 0 Å². The number of pyridine rings is 1. The minimum atomic E-state index is 0.242. The van der Waals surface area contributed by atoms with E-state index in [0.717, 1.165) is 41.8 Å². The van der Waals surface area contributed by atoms with Crippen LogP contribution in [0.3, 0.4) is 0 Å². The van der Waals surface area contributed by atoms with Crippen LogP contribution in [0, 0.1) is 6.92 Å². The van der Waals surface area contributed by atoms with Gasteiger partial charge < -0.3 is 4.74 Å². The topological polar surface area (TPSA) is 52.8 Å². The normalized spacial score (nSPS) is 18.0. The summed E-state index contributed by atoms with van der Waals surface area (Å²) in [5, 5.41) is 4.48. The largest absolute Gasteiger partial charge is 0.373 e. The van der Waals surface area contributed by atoms with Crippen LogP contribution in [0.4, 0.5) is 0 Å². The van der Waals surface area contributed by atoms with Gasteiger partial charge in [-0.1, -0.05) is 6.07 Å². The Hall–Kier alpha value is -2.05. The van der Waals surface area contributed by atoms with Crippen LogP contribution in [0.5, 0.6) is 0 Å². The molecule has 112 valence electrons. The van der Waals surface area contributed by atoms with Crippen molar-refractivity contribution in [3.8, 4) is 16.5 Å². The van der Waals surface area contributed by atoms with E-state index in [9.17, 15) is 0 Å². The summed E-state index contributed by atoms with van der Waals surface area (Å²) in [5.74, 6) is 2.36. The second-order valence-corrected chi connectivity index (χ2v) is 6.40. The van der Waals surface area contributed by atoms with E-state index in [1.165, 1.54) is 4.88 Å². The Kier molecular flexibility index (Phi) is 3.48. The number of hydrogen-bond donors (Lipinski definition) is 0. The number of thiophene rings is 1. The Balaban J connectivity index is 1.74. The lowest BCUT2D eigenvalue weighted by Gasteiger charge is -2.05. The van der Waals surface area contributed by atoms with E-state index in [1.54, 1.807) is 22.2 Å². The van der Waals surface area contributed by atoms with E-state index in [2.05, 4.69) is 27.2 Å². The summed E-state index contributed by atoms with van der Waals surface area (Å²) in [5.41, 5.74) is 0. The molecule has 5 nitrogen and oxygen atoms in total. The first-order valence-electron chi connectivity index (χ1n) is 7.38. The van der Waals surface area contributed by atoms with Crippen molar-refractivity contribution in [2.24, 2.45) is 0 Å². The Labute approximate surface area is 132 Å². The number of aromatic nitrogens is 4. The second kappa shape index (κ2) is 5.62. The van der Waals surface area contributed by atoms with Crippen molar-refractivity contribution in [3.63, 3.8) is 0 Å². The fraction of sp³-hybridized carbons (Fsp3) is 0.312. The third-order valence-electron chi connectivity index (χ3n) is 3.67. The van der Waals surface area contributed by atoms with Crippen molar-refractivity contribution in [2.75, 3.05) is 6.61 Å². The highest BCUT2D eigenvalue weighted by Crippen LogP contribution is 2.36. The SMILES string of the molecule is Cc1nc(-c2ccc([C@@H]3CCCO3)s2)n(-c2ccccn2)n1. The lowest BCUT2D eigenvalue weighted by atomic mass is 10.2. The Bertz CT molecular complexity index is 775. The first-order chi connectivity index (χ1) is 10.8. The molecule has 1 atom stereocenters. The molecule has 0 saturated carbocycles. The van der Waals surface area contributed by atoms with Crippen molar-refractivity contribution >= 4 is 11.3 Å². The highest BCUT2D eigenvalue weighted by atomic mass is 32.1. The molecule has 0 spiro atoms. The number of nitrogens with zero attached hydrogens (tertiary/aromatic N) is 4. The van der Waals surface area contributed by atoms with E-state index in [0.29, 0.717) is 0 Å². The monoisotopic (exact) mass is 312 g/mol. The molecule has 0 aliphatic carbocycles. The van der Waals surface area contributed by atoms with Gasteiger partial charge in [-0.05, 0) is 44.0 Å². The van der Waals surface area contributed by atoms with Crippen molar-refractivity contribution in [1.82, 2.24) is 19.7 Å². The van der Waals surface area contributed by atoms with Crippen molar-refractivity contribution in [2.45, 2.75) is 25.9 Å². The summed E-state index contributed by atoms with van der Waals surface area (Å²) in [6.45, 7) is 2.76. The van der Waals surface area contributed by atoms with Crippen LogP contribution >= 0.6 is 11.3 Å². The molecule has 0 unspecified atom stereocenters. The van der Waals surface area contributed by atoms with Crippen molar-refractivity contribution < 1.29 is 4.74 Å². The molecule has 4 rings (SSSR count). The van der Waals surface area contributed by atoms with Crippen LogP contribution in [-0.4, -0.2) is 26.4 Å². The number of ether oxygens (including phenoxy) is 1. The molecular weight excluding hydrogens is 296 g/mol. The minimum Gasteiger partial charge on any atom is -0.373 e. The smallest absolute Gasteiger partial charge is 0.175 e. The Morgan fingerprint density at radius 3 is 3.00 bits per heavy atom. The van der Waals surface area contributed by atoms with Crippen LogP contribution in [0.1, 0.15) is 29.6 Å². The van der Waals surface area contributed by atoms with Crippen LogP contribution in [0.2, 0.25) is 0 Å². The third-order valence-corrected chi connectivity index (χ3v) is 4.85. The fourth-order valence-electron chi connectivity index (χ4n) is 2.66. The number of rotatable bonds is 3. The first-order valence-corrected chi connectivity index (χ1v) is 8.20. The van der Waals surface area contributed by atoms with Gasteiger partial charge in [0.1, 0.15) is 5.82 Å². The van der Waals surface area contributed by atoms with E-state index in [1.807, 2.05) is 25.1 Å². The number of aryl methyl sites for hydroxylation is 1. The molecule has 1 fully saturated rings. The maximum atomic E-state index is 5.76. The van der Waals surface area contributed by atoms with Gasteiger partial charge in [0, 0.05) is 17.7 Å². The molecule has 0 radical (unpaired) electrons. The zero-order valence-corrected chi connectivity index (χ0v) is 13.1. The number of hydrogen-bond acceptors (Lipinski definition) is 5. The molecule has 3 aromatic rings. The van der Waals surface area contributed by atoms with E-state index < -0.39 is 0 Å². The summed E-state index contributed by atoms with van der Waals surface area (Å²) in [6.07, 6.45) is 4.25. The molecule has 22 heavy (non-hydrogen) atoms. The van der Waals surface area contributed by atoms with E-state index in [-0.39, 0.29) is 6.10 Å². The zero-order valence-electron chi connectivity index (χ0n) is 12.3. The molecule has 1 aliphatic rings. The third kappa shape index (κ3) is 2.44. The van der Waals surface area contributed by atoms with Gasteiger partial charge in [0.15, 0.2) is 11.6 Å². The highest BCUT2D eigenvalue weighted by molar-refractivity contribution is 7.15. The lowest BCUT2D eigenvalue weighted by Crippen LogP contribution is -2.00. The maximum Gasteiger partial charge on any atom is 0.175 e. The predicted molar refractivity (Wildman–Crippen MR) is 85.1 cm³/mol. The molecule has 6 heteroatoms. The van der Waals surface area contributed by atoms with Gasteiger partial charge in [0.2, 0.25) is 0 Å². The summed E-state index contributed by atoms with van der Waals surface area (Å²) in [4.78, 5) is 11.3. The molecule has 0 amide bonds. The quantitative estimate of drug-likeness (QED) is 0.742. The van der Waals surface area contributed by atoms with Gasteiger partial charge in [-0.2, -0.15) is 4.68 Å². The van der Waals surface area contributed by atoms with E-state index in [4.69, 9.17) is 4.74 Å². The maximum absolute atomic E-state index is 5.76. The lowest BCUT2D eigenvalue weighted by molar-refractivity contribution is 0.114. The molecule has 0 N–H and O–H groups in total. The zero-order chi connectivity index (χ0) is 14.9. The molecule has 1 saturated heterocycles. The molecule has 4 heterocycles. The summed E-state index contributed by atoms with van der Waals surface area (Å²) >= 11 is 1.73. The average Bonchev–Trinajstić information content (AvgIpc) is 3.27. The Morgan fingerprint density at radius 1 is 1.27 bits per heavy atom. The van der Waals surface area contributed by atoms with Crippen LogP contribution < -0.4 is 0 Å². The summed E-state index contributed by atoms with van der Waals surface area (Å²) in [6, 6.07) is 10.0. The molecule has 3 aromatic heterocycles. The van der Waals surface area contributed by atoms with Gasteiger partial charge in [0.05, 0.1) is 11.0 Å². The van der Waals surface area contributed by atoms with Gasteiger partial charge in [0.25, 0.3) is 0 Å². The van der Waals surface area contributed by atoms with Gasteiger partial charge >= 0.3 is 0 Å². The molecule has 1 aliphatic heterocycles. The van der Waals surface area contributed by atoms with Gasteiger partial charge in [-0.15, -0.1) is 16.4 Å². The van der Waals surface area contributed by atoms with Crippen LogP contribution in [-0.2, 0) is 4.74 Å². The van der Waals surface area contributed by atoms with Gasteiger partial charge in [-0.25, -0.2) is 9.97 Å². The average molecular weight is 312 g/mol. The standard InChI is InChI=1S/C16H16N4OS/c1-11-18-16(20(19-11)15-6-2-3-9-17-15)14-8-7-13(22-14)12-5-4-10-21-12/h2-3,6-9,12H,4-5,10H2,1H3/t12-/m0/s1. The second-order valence-electron chi connectivity index (χ2n) is 5.29. The molecule has 0 bridgehead atoms. The summed E-state index contributed by atoms with van der Waals surface area (Å²) < 4.78 is 7.57. The Morgan fingerprint density at radius 2 is 2.23 bits per heavy atom. The van der Waals surface area contributed by atoms with Crippen molar-refractivity contribution in [3.05, 3.63) is 47.2 Å². The van der Waals surface area contributed by atoms with Gasteiger partial charge in [-0.3, -0.25) is 0 Å². The summed E-state index contributed by atoms with van der Waals surface area (Å²) in [7, 11) is 0. The van der Waals surface area contributed by atoms with Crippen LogP contribution in [0.15, 0.2) is 36.5 Å².